The lowest BCUT2D eigenvalue weighted by Crippen LogP contribution is -2.46. The number of aryl methyl sites for hydroxylation is 2. The molecular formula is C13H19N5O. The van der Waals surface area contributed by atoms with E-state index in [1.165, 1.54) is 0 Å². The molecule has 0 spiro atoms. The van der Waals surface area contributed by atoms with Crippen LogP contribution >= 0.6 is 0 Å². The molecular weight excluding hydrogens is 242 g/mol. The van der Waals surface area contributed by atoms with Crippen LogP contribution in [0.5, 0.6) is 0 Å². The Morgan fingerprint density at radius 2 is 2.16 bits per heavy atom. The second kappa shape index (κ2) is 4.16. The SMILES string of the molecule is Cc1nn(C)c2ncnc(N3CCC[C@@](C)(O)C3)c12. The summed E-state index contributed by atoms with van der Waals surface area (Å²) in [5.41, 5.74) is 1.12. The van der Waals surface area contributed by atoms with E-state index in [-0.39, 0.29) is 0 Å². The van der Waals surface area contributed by atoms with Gasteiger partial charge in [-0.05, 0) is 26.7 Å². The molecule has 0 aromatic carbocycles. The number of hydrogen-bond acceptors (Lipinski definition) is 5. The van der Waals surface area contributed by atoms with Crippen molar-refractivity contribution in [2.24, 2.45) is 7.05 Å². The third-order valence-electron chi connectivity index (χ3n) is 3.75. The molecule has 6 heteroatoms. The third-order valence-corrected chi connectivity index (χ3v) is 3.75. The Morgan fingerprint density at radius 3 is 2.89 bits per heavy atom. The molecule has 1 N–H and O–H groups in total. The molecule has 2 aromatic heterocycles. The van der Waals surface area contributed by atoms with Gasteiger partial charge < -0.3 is 10.0 Å². The number of β-amino-alcohol motifs (C(OH)–C–C–N with tert-alkyl or cyclic N) is 1. The van der Waals surface area contributed by atoms with Crippen molar-refractivity contribution in [3.63, 3.8) is 0 Å². The molecule has 2 aromatic rings. The molecule has 0 aliphatic carbocycles. The molecule has 0 unspecified atom stereocenters. The molecule has 1 fully saturated rings. The standard InChI is InChI=1S/C13H19N5O/c1-9-10-11(17(3)16-9)14-8-15-12(10)18-6-4-5-13(2,19)7-18/h8,19H,4-7H2,1-3H3/t13-/m1/s1. The third kappa shape index (κ3) is 2.06. The minimum absolute atomic E-state index is 0.605. The molecule has 0 amide bonds. The first-order chi connectivity index (χ1) is 8.98. The molecule has 3 rings (SSSR count). The fourth-order valence-corrected chi connectivity index (χ4v) is 2.90. The zero-order valence-electron chi connectivity index (χ0n) is 11.6. The topological polar surface area (TPSA) is 67.1 Å². The second-order valence-electron chi connectivity index (χ2n) is 5.63. The monoisotopic (exact) mass is 261 g/mol. The van der Waals surface area contributed by atoms with Gasteiger partial charge in [0.25, 0.3) is 0 Å². The van der Waals surface area contributed by atoms with Gasteiger partial charge in [0.15, 0.2) is 5.65 Å². The van der Waals surface area contributed by atoms with Crippen molar-refractivity contribution in [3.05, 3.63) is 12.0 Å². The highest BCUT2D eigenvalue weighted by Crippen LogP contribution is 2.30. The van der Waals surface area contributed by atoms with Crippen molar-refractivity contribution >= 4 is 16.9 Å². The number of aromatic nitrogens is 4. The van der Waals surface area contributed by atoms with Crippen molar-refractivity contribution < 1.29 is 5.11 Å². The Labute approximate surface area is 112 Å². The average Bonchev–Trinajstić information content (AvgIpc) is 2.64. The minimum atomic E-state index is -0.647. The van der Waals surface area contributed by atoms with Crippen molar-refractivity contribution in [1.29, 1.82) is 0 Å². The molecule has 3 heterocycles. The van der Waals surface area contributed by atoms with Crippen molar-refractivity contribution in [1.82, 2.24) is 19.7 Å². The summed E-state index contributed by atoms with van der Waals surface area (Å²) in [7, 11) is 1.89. The number of aliphatic hydroxyl groups is 1. The fraction of sp³-hybridized carbons (Fsp3) is 0.615. The Hall–Kier alpha value is -1.69. The van der Waals surface area contributed by atoms with Gasteiger partial charge in [-0.15, -0.1) is 0 Å². The number of hydrogen-bond donors (Lipinski definition) is 1. The summed E-state index contributed by atoms with van der Waals surface area (Å²) >= 11 is 0. The van der Waals surface area contributed by atoms with E-state index in [9.17, 15) is 5.11 Å². The first-order valence-corrected chi connectivity index (χ1v) is 6.59. The van der Waals surface area contributed by atoms with Crippen molar-refractivity contribution in [2.45, 2.75) is 32.3 Å². The largest absolute Gasteiger partial charge is 0.388 e. The van der Waals surface area contributed by atoms with E-state index < -0.39 is 5.60 Å². The highest BCUT2D eigenvalue weighted by atomic mass is 16.3. The number of fused-ring (bicyclic) bond motifs is 1. The molecule has 19 heavy (non-hydrogen) atoms. The van der Waals surface area contributed by atoms with Gasteiger partial charge >= 0.3 is 0 Å². The number of nitrogens with zero attached hydrogens (tertiary/aromatic N) is 5. The van der Waals surface area contributed by atoms with E-state index in [2.05, 4.69) is 20.0 Å². The van der Waals surface area contributed by atoms with Gasteiger partial charge in [-0.25, -0.2) is 9.97 Å². The van der Waals surface area contributed by atoms with Crippen molar-refractivity contribution in [2.75, 3.05) is 18.0 Å². The summed E-state index contributed by atoms with van der Waals surface area (Å²) in [5, 5.41) is 15.6. The number of rotatable bonds is 1. The zero-order valence-corrected chi connectivity index (χ0v) is 11.6. The van der Waals surface area contributed by atoms with Crippen LogP contribution in [0.4, 0.5) is 5.82 Å². The Bertz CT molecular complexity index is 619. The smallest absolute Gasteiger partial charge is 0.163 e. The number of piperidine rings is 1. The lowest BCUT2D eigenvalue weighted by molar-refractivity contribution is 0.0448. The lowest BCUT2D eigenvalue weighted by atomic mass is 9.95. The molecule has 102 valence electrons. The highest BCUT2D eigenvalue weighted by molar-refractivity contribution is 5.89. The molecule has 6 nitrogen and oxygen atoms in total. The summed E-state index contributed by atoms with van der Waals surface area (Å²) in [5.74, 6) is 0.885. The van der Waals surface area contributed by atoms with Gasteiger partial charge in [-0.2, -0.15) is 5.10 Å². The minimum Gasteiger partial charge on any atom is -0.388 e. The molecule has 1 atom stereocenters. The maximum atomic E-state index is 10.2. The van der Waals surface area contributed by atoms with E-state index in [0.29, 0.717) is 6.54 Å². The van der Waals surface area contributed by atoms with Gasteiger partial charge in [0.05, 0.1) is 16.7 Å². The summed E-state index contributed by atoms with van der Waals surface area (Å²) in [6, 6.07) is 0. The Balaban J connectivity index is 2.10. The van der Waals surface area contributed by atoms with E-state index in [1.54, 1.807) is 11.0 Å². The predicted octanol–water partition coefficient (Wildman–Crippen LogP) is 1.02. The van der Waals surface area contributed by atoms with Crippen LogP contribution in [0.3, 0.4) is 0 Å². The van der Waals surface area contributed by atoms with Crippen LogP contribution in [0.1, 0.15) is 25.5 Å². The van der Waals surface area contributed by atoms with Gasteiger partial charge in [-0.1, -0.05) is 0 Å². The summed E-state index contributed by atoms with van der Waals surface area (Å²) in [6.45, 7) is 5.37. The van der Waals surface area contributed by atoms with Crippen LogP contribution in [-0.4, -0.2) is 43.5 Å². The Kier molecular flexibility index (Phi) is 2.70. The highest BCUT2D eigenvalue weighted by Gasteiger charge is 2.30. The van der Waals surface area contributed by atoms with Crippen LogP contribution in [-0.2, 0) is 7.05 Å². The molecule has 0 radical (unpaired) electrons. The van der Waals surface area contributed by atoms with E-state index >= 15 is 0 Å². The normalized spacial score (nSPS) is 24.1. The first kappa shape index (κ1) is 12.3. The zero-order chi connectivity index (χ0) is 13.6. The quantitative estimate of drug-likeness (QED) is 0.830. The average molecular weight is 261 g/mol. The number of anilines is 1. The Morgan fingerprint density at radius 1 is 1.37 bits per heavy atom. The van der Waals surface area contributed by atoms with E-state index in [1.807, 2.05) is 20.9 Å². The van der Waals surface area contributed by atoms with Gasteiger partial charge in [0.2, 0.25) is 0 Å². The van der Waals surface area contributed by atoms with Gasteiger partial charge in [0, 0.05) is 20.1 Å². The van der Waals surface area contributed by atoms with Crippen LogP contribution in [0.25, 0.3) is 11.0 Å². The van der Waals surface area contributed by atoms with Crippen LogP contribution in [0.2, 0.25) is 0 Å². The van der Waals surface area contributed by atoms with Gasteiger partial charge in [-0.3, -0.25) is 4.68 Å². The van der Waals surface area contributed by atoms with Crippen molar-refractivity contribution in [3.8, 4) is 0 Å². The van der Waals surface area contributed by atoms with E-state index in [0.717, 1.165) is 41.9 Å². The van der Waals surface area contributed by atoms with Crippen LogP contribution in [0, 0.1) is 6.92 Å². The molecule has 0 bridgehead atoms. The molecule has 1 aliphatic rings. The van der Waals surface area contributed by atoms with Gasteiger partial charge in [0.1, 0.15) is 12.1 Å². The van der Waals surface area contributed by atoms with Crippen LogP contribution in [0.15, 0.2) is 6.33 Å². The summed E-state index contributed by atoms with van der Waals surface area (Å²) in [4.78, 5) is 10.9. The first-order valence-electron chi connectivity index (χ1n) is 6.59. The molecule has 0 saturated carbocycles. The van der Waals surface area contributed by atoms with E-state index in [4.69, 9.17) is 0 Å². The predicted molar refractivity (Wildman–Crippen MR) is 73.1 cm³/mol. The maximum absolute atomic E-state index is 10.2. The fourth-order valence-electron chi connectivity index (χ4n) is 2.90. The lowest BCUT2D eigenvalue weighted by Gasteiger charge is -2.37. The summed E-state index contributed by atoms with van der Waals surface area (Å²) < 4.78 is 1.78. The second-order valence-corrected chi connectivity index (χ2v) is 5.63. The maximum Gasteiger partial charge on any atom is 0.163 e. The molecule has 1 aliphatic heterocycles. The summed E-state index contributed by atoms with van der Waals surface area (Å²) in [6.07, 6.45) is 3.38. The molecule has 1 saturated heterocycles. The van der Waals surface area contributed by atoms with Crippen LogP contribution < -0.4 is 4.90 Å².